The van der Waals surface area contributed by atoms with Gasteiger partial charge in [0.15, 0.2) is 0 Å². The number of aromatic amines is 1. The highest BCUT2D eigenvalue weighted by Gasteiger charge is 2.34. The number of pyridine rings is 1. The van der Waals surface area contributed by atoms with Crippen molar-refractivity contribution in [3.8, 4) is 0 Å². The maximum atomic E-state index is 13.3. The van der Waals surface area contributed by atoms with E-state index >= 15 is 0 Å². The largest absolute Gasteiger partial charge is 0.480 e. The Labute approximate surface area is 131 Å². The van der Waals surface area contributed by atoms with Gasteiger partial charge in [-0.05, 0) is 31.5 Å². The van der Waals surface area contributed by atoms with Crippen molar-refractivity contribution in [1.82, 2.24) is 10.3 Å². The van der Waals surface area contributed by atoms with Gasteiger partial charge in [-0.25, -0.2) is 9.18 Å². The molecule has 1 aromatic carbocycles. The van der Waals surface area contributed by atoms with Crippen LogP contribution in [0, 0.1) is 5.82 Å². The van der Waals surface area contributed by atoms with Gasteiger partial charge >= 0.3 is 5.97 Å². The van der Waals surface area contributed by atoms with Crippen LogP contribution in [-0.2, 0) is 4.79 Å². The van der Waals surface area contributed by atoms with Crippen LogP contribution in [0.2, 0.25) is 0 Å². The van der Waals surface area contributed by atoms with Crippen molar-refractivity contribution < 1.29 is 19.1 Å². The molecule has 1 aromatic heterocycles. The van der Waals surface area contributed by atoms with Crippen LogP contribution in [0.25, 0.3) is 10.9 Å². The van der Waals surface area contributed by atoms with E-state index in [4.69, 9.17) is 0 Å². The normalized spacial score (nSPS) is 13.5. The lowest BCUT2D eigenvalue weighted by Gasteiger charge is -2.26. The molecule has 3 N–H and O–H groups in total. The number of amides is 1. The Hall–Kier alpha value is -2.70. The van der Waals surface area contributed by atoms with Crippen molar-refractivity contribution in [1.29, 1.82) is 0 Å². The number of nitrogens with one attached hydrogen (secondary N) is 2. The zero-order valence-electron chi connectivity index (χ0n) is 12.8. The first-order valence-electron chi connectivity index (χ1n) is 7.15. The molecule has 0 aliphatic carbocycles. The number of hydrogen-bond donors (Lipinski definition) is 3. The number of H-pyrrole nitrogens is 1. The molecular formula is C16H17FN2O4. The van der Waals surface area contributed by atoms with Crippen molar-refractivity contribution in [3.63, 3.8) is 0 Å². The first kappa shape index (κ1) is 16.7. The van der Waals surface area contributed by atoms with Crippen molar-refractivity contribution in [2.75, 3.05) is 0 Å². The molecule has 1 unspecified atom stereocenters. The van der Waals surface area contributed by atoms with E-state index in [1.54, 1.807) is 6.92 Å². The number of fused-ring (bicyclic) bond motifs is 1. The number of carboxylic acid groups (broad SMARTS) is 1. The second-order valence-electron chi connectivity index (χ2n) is 5.58. The van der Waals surface area contributed by atoms with Crippen LogP contribution in [0.1, 0.15) is 37.0 Å². The summed E-state index contributed by atoms with van der Waals surface area (Å²) in [5, 5.41) is 12.1. The van der Waals surface area contributed by atoms with Crippen LogP contribution in [0.15, 0.2) is 29.1 Å². The molecule has 1 heterocycles. The number of carbonyl (C=O) groups is 2. The third-order valence-electron chi connectivity index (χ3n) is 3.66. The smallest absolute Gasteiger partial charge is 0.329 e. The summed E-state index contributed by atoms with van der Waals surface area (Å²) in [4.78, 5) is 38.0. The number of carbonyl (C=O) groups excluding carboxylic acids is 1. The van der Waals surface area contributed by atoms with Crippen LogP contribution < -0.4 is 10.9 Å². The molecule has 0 spiro atoms. The highest BCUT2D eigenvalue weighted by Crippen LogP contribution is 2.19. The summed E-state index contributed by atoms with van der Waals surface area (Å²) < 4.78 is 13.3. The van der Waals surface area contributed by atoms with Crippen molar-refractivity contribution in [2.45, 2.75) is 32.2 Å². The number of aromatic nitrogens is 1. The van der Waals surface area contributed by atoms with E-state index in [0.717, 1.165) is 12.1 Å². The van der Waals surface area contributed by atoms with Gasteiger partial charge in [-0.3, -0.25) is 9.59 Å². The Morgan fingerprint density at radius 2 is 2.04 bits per heavy atom. The molecule has 0 aliphatic heterocycles. The third kappa shape index (κ3) is 3.39. The second-order valence-corrected chi connectivity index (χ2v) is 5.58. The van der Waals surface area contributed by atoms with Crippen LogP contribution in [0.3, 0.4) is 0 Å². The fraction of sp³-hybridized carbons (Fsp3) is 0.312. The van der Waals surface area contributed by atoms with Crippen LogP contribution in [0.5, 0.6) is 0 Å². The average Bonchev–Trinajstić information content (AvgIpc) is 2.45. The fourth-order valence-corrected chi connectivity index (χ4v) is 2.46. The molecule has 1 amide bonds. The molecule has 0 saturated carbocycles. The number of rotatable bonds is 5. The summed E-state index contributed by atoms with van der Waals surface area (Å²) in [5.74, 6) is -2.40. The van der Waals surface area contributed by atoms with Crippen LogP contribution in [-0.4, -0.2) is 27.5 Å². The highest BCUT2D eigenvalue weighted by atomic mass is 19.1. The third-order valence-corrected chi connectivity index (χ3v) is 3.66. The number of halogens is 1. The quantitative estimate of drug-likeness (QED) is 0.785. The molecular weight excluding hydrogens is 303 g/mol. The zero-order valence-corrected chi connectivity index (χ0v) is 12.8. The van der Waals surface area contributed by atoms with E-state index in [2.05, 4.69) is 10.3 Å². The van der Waals surface area contributed by atoms with Gasteiger partial charge in [0.1, 0.15) is 11.4 Å². The van der Waals surface area contributed by atoms with Crippen molar-refractivity contribution in [3.05, 3.63) is 46.0 Å². The highest BCUT2D eigenvalue weighted by molar-refractivity contribution is 6.07. The molecule has 2 aromatic rings. The van der Waals surface area contributed by atoms with Crippen molar-refractivity contribution >= 4 is 22.8 Å². The van der Waals surface area contributed by atoms with Crippen molar-refractivity contribution in [2.24, 2.45) is 0 Å². The topological polar surface area (TPSA) is 99.3 Å². The van der Waals surface area contributed by atoms with Gasteiger partial charge in [-0.1, -0.05) is 13.3 Å². The zero-order chi connectivity index (χ0) is 17.2. The van der Waals surface area contributed by atoms with Gasteiger partial charge in [-0.15, -0.1) is 0 Å². The standard InChI is InChI=1S/C16H17FN2O4/c1-3-6-16(2,15(22)23)19-14(21)11-8-13(20)18-12-7-9(17)4-5-10(11)12/h4-5,7-8H,3,6H2,1-2H3,(H,18,20)(H,19,21)(H,22,23). The van der Waals surface area contributed by atoms with Crippen LogP contribution >= 0.6 is 0 Å². The average molecular weight is 320 g/mol. The fourth-order valence-electron chi connectivity index (χ4n) is 2.46. The van der Waals surface area contributed by atoms with E-state index in [1.807, 2.05) is 0 Å². The minimum atomic E-state index is -1.44. The summed E-state index contributed by atoms with van der Waals surface area (Å²) in [6.07, 6.45) is 0.800. The lowest BCUT2D eigenvalue weighted by atomic mass is 9.95. The van der Waals surface area contributed by atoms with E-state index < -0.39 is 28.8 Å². The molecule has 7 heteroatoms. The van der Waals surface area contributed by atoms with Gasteiger partial charge in [0.05, 0.1) is 11.1 Å². The lowest BCUT2D eigenvalue weighted by molar-refractivity contribution is -0.144. The second kappa shape index (κ2) is 6.20. The first-order chi connectivity index (χ1) is 10.8. The Morgan fingerprint density at radius 1 is 1.35 bits per heavy atom. The minimum Gasteiger partial charge on any atom is -0.480 e. The maximum absolute atomic E-state index is 13.3. The summed E-state index contributed by atoms with van der Waals surface area (Å²) >= 11 is 0. The van der Waals surface area contributed by atoms with E-state index in [-0.39, 0.29) is 17.5 Å². The van der Waals surface area contributed by atoms with Gasteiger partial charge < -0.3 is 15.4 Å². The molecule has 122 valence electrons. The number of aliphatic carboxylic acids is 1. The first-order valence-corrected chi connectivity index (χ1v) is 7.15. The molecule has 1 atom stereocenters. The van der Waals surface area contributed by atoms with E-state index in [9.17, 15) is 23.9 Å². The molecule has 0 aliphatic rings. The Balaban J connectivity index is 2.49. The molecule has 0 fully saturated rings. The molecule has 6 nitrogen and oxygen atoms in total. The predicted octanol–water partition coefficient (Wildman–Crippen LogP) is 2.04. The van der Waals surface area contributed by atoms with Gasteiger partial charge in [0, 0.05) is 11.5 Å². The van der Waals surface area contributed by atoms with E-state index in [0.29, 0.717) is 11.8 Å². The summed E-state index contributed by atoms with van der Waals surface area (Å²) in [6, 6.07) is 4.72. The molecule has 2 rings (SSSR count). The maximum Gasteiger partial charge on any atom is 0.329 e. The lowest BCUT2D eigenvalue weighted by Crippen LogP contribution is -2.52. The predicted molar refractivity (Wildman–Crippen MR) is 82.9 cm³/mol. The number of hydrogen-bond acceptors (Lipinski definition) is 3. The Kier molecular flexibility index (Phi) is 4.49. The van der Waals surface area contributed by atoms with Gasteiger partial charge in [-0.2, -0.15) is 0 Å². The molecule has 23 heavy (non-hydrogen) atoms. The summed E-state index contributed by atoms with van der Waals surface area (Å²) in [7, 11) is 0. The molecule has 0 radical (unpaired) electrons. The minimum absolute atomic E-state index is 0.00679. The van der Waals surface area contributed by atoms with Gasteiger partial charge in [0.2, 0.25) is 5.56 Å². The Morgan fingerprint density at radius 3 is 2.65 bits per heavy atom. The summed E-state index contributed by atoms with van der Waals surface area (Å²) in [5.41, 5.74) is -1.83. The molecule has 0 saturated heterocycles. The SMILES string of the molecule is CCCC(C)(NC(=O)c1cc(=O)[nH]c2cc(F)ccc12)C(=O)O. The number of carboxylic acids is 1. The van der Waals surface area contributed by atoms with Crippen LogP contribution in [0.4, 0.5) is 4.39 Å². The molecule has 0 bridgehead atoms. The summed E-state index contributed by atoms with van der Waals surface area (Å²) in [6.45, 7) is 3.21. The van der Waals surface area contributed by atoms with Gasteiger partial charge in [0.25, 0.3) is 5.91 Å². The van der Waals surface area contributed by atoms with E-state index in [1.165, 1.54) is 19.1 Å². The monoisotopic (exact) mass is 320 g/mol. The Bertz CT molecular complexity index is 830. The number of benzene rings is 1.